The molecule has 0 saturated heterocycles. The Balaban J connectivity index is 1.66. The highest BCUT2D eigenvalue weighted by molar-refractivity contribution is 6.31. The topological polar surface area (TPSA) is 70.8 Å². The van der Waals surface area contributed by atoms with E-state index in [-0.39, 0.29) is 11.3 Å². The summed E-state index contributed by atoms with van der Waals surface area (Å²) in [6, 6.07) is 20.8. The normalized spacial score (nSPS) is 16.2. The predicted octanol–water partition coefficient (Wildman–Crippen LogP) is 6.49. The number of halogens is 1. The van der Waals surface area contributed by atoms with Gasteiger partial charge in [0.05, 0.1) is 11.6 Å². The zero-order chi connectivity index (χ0) is 23.3. The van der Waals surface area contributed by atoms with Crippen molar-refractivity contribution in [2.24, 2.45) is 0 Å². The number of aliphatic hydroxyl groups is 1. The van der Waals surface area contributed by atoms with Crippen LogP contribution in [0.5, 0.6) is 0 Å². The van der Waals surface area contributed by atoms with Crippen LogP contribution in [0.4, 0.5) is 5.69 Å². The first-order valence-corrected chi connectivity index (χ1v) is 10.8. The molecule has 2 heterocycles. The maximum Gasteiger partial charge on any atom is 0.294 e. The Bertz CT molecular complexity index is 1450. The number of anilines is 1. The average molecular weight is 458 g/mol. The molecule has 0 spiro atoms. The number of aliphatic hydroxyl groups excluding tert-OH is 1. The van der Waals surface area contributed by atoms with Gasteiger partial charge in [-0.1, -0.05) is 59.1 Å². The zero-order valence-electron chi connectivity index (χ0n) is 18.0. The third kappa shape index (κ3) is 3.60. The van der Waals surface area contributed by atoms with Crippen LogP contribution in [0.15, 0.2) is 88.5 Å². The fourth-order valence-corrected chi connectivity index (χ4v) is 4.40. The van der Waals surface area contributed by atoms with Gasteiger partial charge in [0.15, 0.2) is 11.5 Å². The zero-order valence-corrected chi connectivity index (χ0v) is 18.8. The Morgan fingerprint density at radius 2 is 1.73 bits per heavy atom. The molecule has 0 bridgehead atoms. The minimum atomic E-state index is -0.801. The highest BCUT2D eigenvalue weighted by Crippen LogP contribution is 2.42. The van der Waals surface area contributed by atoms with Crippen molar-refractivity contribution in [1.29, 1.82) is 0 Å². The minimum absolute atomic E-state index is 0.0173. The number of rotatable bonds is 4. The first-order valence-electron chi connectivity index (χ1n) is 10.5. The van der Waals surface area contributed by atoms with Gasteiger partial charge in [-0.2, -0.15) is 0 Å². The third-order valence-electron chi connectivity index (χ3n) is 5.82. The molecule has 5 nitrogen and oxygen atoms in total. The number of hydrogen-bond acceptors (Lipinski definition) is 4. The minimum Gasteiger partial charge on any atom is -0.503 e. The molecular formula is C27H20ClNO4. The first-order chi connectivity index (χ1) is 15.8. The third-order valence-corrected chi connectivity index (χ3v) is 6.06. The van der Waals surface area contributed by atoms with Gasteiger partial charge in [0, 0.05) is 16.1 Å². The van der Waals surface area contributed by atoms with E-state index < -0.39 is 23.5 Å². The molecule has 4 aromatic rings. The van der Waals surface area contributed by atoms with Crippen molar-refractivity contribution in [3.63, 3.8) is 0 Å². The van der Waals surface area contributed by atoms with E-state index in [0.29, 0.717) is 21.7 Å². The first kappa shape index (κ1) is 21.0. The van der Waals surface area contributed by atoms with Gasteiger partial charge in [0.25, 0.3) is 5.91 Å². The Labute approximate surface area is 195 Å². The van der Waals surface area contributed by atoms with Crippen LogP contribution in [-0.2, 0) is 4.79 Å². The van der Waals surface area contributed by atoms with E-state index >= 15 is 0 Å². The summed E-state index contributed by atoms with van der Waals surface area (Å²) in [5.41, 5.74) is 3.79. The number of fused-ring (bicyclic) bond motifs is 1. The molecule has 0 radical (unpaired) electrons. The maximum atomic E-state index is 13.6. The number of hydrogen-bond donors (Lipinski definition) is 1. The van der Waals surface area contributed by atoms with E-state index in [1.54, 1.807) is 36.4 Å². The second-order valence-electron chi connectivity index (χ2n) is 8.21. The highest BCUT2D eigenvalue weighted by Gasteiger charge is 2.45. The number of carbonyl (C=O) groups excluding carboxylic acids is 2. The molecule has 1 amide bonds. The van der Waals surface area contributed by atoms with Crippen molar-refractivity contribution in [3.05, 3.63) is 112 Å². The van der Waals surface area contributed by atoms with E-state index in [2.05, 4.69) is 0 Å². The van der Waals surface area contributed by atoms with Crippen molar-refractivity contribution < 1.29 is 19.1 Å². The van der Waals surface area contributed by atoms with Crippen LogP contribution in [0, 0.1) is 13.8 Å². The molecular weight excluding hydrogens is 438 g/mol. The molecule has 0 saturated carbocycles. The lowest BCUT2D eigenvalue weighted by Gasteiger charge is -2.27. The van der Waals surface area contributed by atoms with E-state index in [9.17, 15) is 14.7 Å². The number of amides is 1. The number of Topliss-reactive ketones (excluding diaryl/α,β-unsaturated/α-hetero) is 1. The molecule has 1 atom stereocenters. The summed E-state index contributed by atoms with van der Waals surface area (Å²) >= 11 is 6.07. The van der Waals surface area contributed by atoms with Gasteiger partial charge in [0.2, 0.25) is 5.78 Å². The predicted molar refractivity (Wildman–Crippen MR) is 128 cm³/mol. The molecule has 0 fully saturated rings. The molecule has 1 aliphatic heterocycles. The summed E-state index contributed by atoms with van der Waals surface area (Å²) in [4.78, 5) is 28.3. The number of furan rings is 1. The fourth-order valence-electron chi connectivity index (χ4n) is 4.22. The van der Waals surface area contributed by atoms with Gasteiger partial charge in [0.1, 0.15) is 5.58 Å². The average Bonchev–Trinajstić information content (AvgIpc) is 3.33. The highest BCUT2D eigenvalue weighted by atomic mass is 35.5. The monoisotopic (exact) mass is 457 g/mol. The fraction of sp³-hybridized carbons (Fsp3) is 0.111. The summed E-state index contributed by atoms with van der Waals surface area (Å²) in [6.07, 6.45) is 0. The van der Waals surface area contributed by atoms with Crippen molar-refractivity contribution in [1.82, 2.24) is 0 Å². The van der Waals surface area contributed by atoms with Crippen molar-refractivity contribution >= 4 is 39.9 Å². The summed E-state index contributed by atoms with van der Waals surface area (Å²) in [6.45, 7) is 3.89. The summed E-state index contributed by atoms with van der Waals surface area (Å²) in [7, 11) is 0. The van der Waals surface area contributed by atoms with E-state index in [1.807, 2.05) is 50.2 Å². The van der Waals surface area contributed by atoms with Crippen molar-refractivity contribution in [3.8, 4) is 0 Å². The standard InChI is InChI=1S/C27H20ClNO4/c1-15-6-9-20(10-7-15)29-24(17-5-3-4-16(2)12-17)23(26(31)27(29)32)25(30)22-14-18-13-19(28)8-11-21(18)33-22/h3-14,24,31H,1-2H3. The van der Waals surface area contributed by atoms with E-state index in [4.69, 9.17) is 16.0 Å². The van der Waals surface area contributed by atoms with Crippen LogP contribution >= 0.6 is 11.6 Å². The Morgan fingerprint density at radius 3 is 2.45 bits per heavy atom. The Hall–Kier alpha value is -3.83. The van der Waals surface area contributed by atoms with Gasteiger partial charge < -0.3 is 9.52 Å². The van der Waals surface area contributed by atoms with Gasteiger partial charge in [-0.3, -0.25) is 14.5 Å². The molecule has 0 aliphatic carbocycles. The molecule has 3 aromatic carbocycles. The number of benzene rings is 3. The molecule has 5 rings (SSSR count). The van der Waals surface area contributed by atoms with Crippen LogP contribution in [0.2, 0.25) is 5.02 Å². The molecule has 1 unspecified atom stereocenters. The van der Waals surface area contributed by atoms with Crippen LogP contribution < -0.4 is 4.90 Å². The Kier molecular flexibility index (Phi) is 5.06. The maximum absolute atomic E-state index is 13.6. The lowest BCUT2D eigenvalue weighted by molar-refractivity contribution is -0.117. The summed E-state index contributed by atoms with van der Waals surface area (Å²) in [5.74, 6) is -1.72. The van der Waals surface area contributed by atoms with Gasteiger partial charge in [-0.05, 0) is 55.8 Å². The Morgan fingerprint density at radius 1 is 0.970 bits per heavy atom. The van der Waals surface area contributed by atoms with E-state index in [0.717, 1.165) is 16.7 Å². The van der Waals surface area contributed by atoms with E-state index in [1.165, 1.54) is 4.90 Å². The molecule has 1 aromatic heterocycles. The summed E-state index contributed by atoms with van der Waals surface area (Å²) in [5, 5.41) is 12.1. The second-order valence-corrected chi connectivity index (χ2v) is 8.65. The van der Waals surface area contributed by atoms with Crippen LogP contribution in [0.25, 0.3) is 11.0 Å². The van der Waals surface area contributed by atoms with Crippen LogP contribution in [0.3, 0.4) is 0 Å². The van der Waals surface area contributed by atoms with Crippen LogP contribution in [-0.4, -0.2) is 16.8 Å². The number of aryl methyl sites for hydroxylation is 2. The van der Waals surface area contributed by atoms with Crippen molar-refractivity contribution in [2.45, 2.75) is 19.9 Å². The summed E-state index contributed by atoms with van der Waals surface area (Å²) < 4.78 is 5.76. The molecule has 1 N–H and O–H groups in total. The second kappa shape index (κ2) is 7.94. The van der Waals surface area contributed by atoms with Gasteiger partial charge >= 0.3 is 0 Å². The quantitative estimate of drug-likeness (QED) is 0.356. The molecule has 1 aliphatic rings. The largest absolute Gasteiger partial charge is 0.503 e. The SMILES string of the molecule is Cc1ccc(N2C(=O)C(O)=C(C(=O)c3cc4cc(Cl)ccc4o3)C2c2cccc(C)c2)cc1. The number of nitrogens with zero attached hydrogens (tertiary/aromatic N) is 1. The lowest BCUT2D eigenvalue weighted by atomic mass is 9.93. The van der Waals surface area contributed by atoms with Crippen molar-refractivity contribution in [2.75, 3.05) is 4.90 Å². The van der Waals surface area contributed by atoms with Gasteiger partial charge in [-0.25, -0.2) is 0 Å². The molecule has 33 heavy (non-hydrogen) atoms. The number of carbonyl (C=O) groups is 2. The molecule has 6 heteroatoms. The molecule has 164 valence electrons. The van der Waals surface area contributed by atoms with Crippen LogP contribution in [0.1, 0.15) is 33.3 Å². The number of ketones is 1. The lowest BCUT2D eigenvalue weighted by Crippen LogP contribution is -2.31. The van der Waals surface area contributed by atoms with Gasteiger partial charge in [-0.15, -0.1) is 0 Å². The smallest absolute Gasteiger partial charge is 0.294 e.